The van der Waals surface area contributed by atoms with Gasteiger partial charge in [-0.2, -0.15) is 5.26 Å². The Morgan fingerprint density at radius 1 is 1.20 bits per heavy atom. The average Bonchev–Trinajstić information content (AvgIpc) is 3.17. The summed E-state index contributed by atoms with van der Waals surface area (Å²) in [5, 5.41) is 20.7. The lowest BCUT2D eigenvalue weighted by molar-refractivity contribution is -0.384. The molecule has 0 N–H and O–H groups in total. The Hall–Kier alpha value is -3.99. The molecule has 0 fully saturated rings. The molecule has 2 aromatic rings. The topological polar surface area (TPSA) is 117 Å². The zero-order chi connectivity index (χ0) is 22.0. The second kappa shape index (κ2) is 8.17. The van der Waals surface area contributed by atoms with Gasteiger partial charge in [-0.3, -0.25) is 24.6 Å². The Labute approximate surface area is 172 Å². The van der Waals surface area contributed by atoms with Gasteiger partial charge in [0.05, 0.1) is 10.5 Å². The predicted octanol–water partition coefficient (Wildman–Crippen LogP) is 4.10. The molecule has 0 saturated carbocycles. The molecule has 0 saturated heterocycles. The second-order valence-corrected chi connectivity index (χ2v) is 7.26. The zero-order valence-corrected chi connectivity index (χ0v) is 16.7. The summed E-state index contributed by atoms with van der Waals surface area (Å²) in [5.41, 5.74) is 0.568. The van der Waals surface area contributed by atoms with Crippen LogP contribution in [0.25, 0.3) is 17.4 Å². The minimum atomic E-state index is -0.606. The minimum Gasteiger partial charge on any atom is -0.456 e. The molecule has 8 heteroatoms. The largest absolute Gasteiger partial charge is 0.456 e. The fourth-order valence-corrected chi connectivity index (χ4v) is 3.22. The zero-order valence-electron chi connectivity index (χ0n) is 16.7. The van der Waals surface area contributed by atoms with Crippen LogP contribution < -0.4 is 0 Å². The van der Waals surface area contributed by atoms with Crippen molar-refractivity contribution in [3.63, 3.8) is 0 Å². The van der Waals surface area contributed by atoms with Crippen LogP contribution in [0, 0.1) is 27.4 Å². The van der Waals surface area contributed by atoms with Crippen molar-refractivity contribution in [1.82, 2.24) is 4.90 Å². The summed E-state index contributed by atoms with van der Waals surface area (Å²) in [6, 6.07) is 11.2. The van der Waals surface area contributed by atoms with Crippen molar-refractivity contribution in [3.05, 3.63) is 69.0 Å². The monoisotopic (exact) mass is 405 g/mol. The molecule has 3 rings (SSSR count). The van der Waals surface area contributed by atoms with Gasteiger partial charge in [-0.15, -0.1) is 0 Å². The number of nitro benzene ring substituents is 1. The smallest absolute Gasteiger partial charge is 0.280 e. The van der Waals surface area contributed by atoms with Crippen molar-refractivity contribution >= 4 is 23.6 Å². The lowest BCUT2D eigenvalue weighted by Gasteiger charge is -2.28. The van der Waals surface area contributed by atoms with Crippen LogP contribution in [0.4, 0.5) is 5.69 Å². The maximum Gasteiger partial charge on any atom is 0.280 e. The van der Waals surface area contributed by atoms with Crippen LogP contribution in [0.3, 0.4) is 0 Å². The SMILES string of the molecule is CC1=C(C#N)C(=O)N(CC(C)C)C(=O)/C1=C/c1ccc(-c2ccccc2[N+](=O)[O-])o1. The number of imide groups is 1. The molecule has 1 aliphatic rings. The molecule has 0 spiro atoms. The van der Waals surface area contributed by atoms with Crippen LogP contribution in [0.1, 0.15) is 26.5 Å². The molecule has 8 nitrogen and oxygen atoms in total. The standard InChI is InChI=1S/C22H19N3O5/c1-13(2)12-24-21(26)17(14(3)18(11-23)22(24)27)10-15-8-9-20(30-15)16-6-4-5-7-19(16)25(28)29/h4-10,13H,12H2,1-3H3/b17-10+. The summed E-state index contributed by atoms with van der Waals surface area (Å²) in [6.45, 7) is 5.46. The van der Waals surface area contributed by atoms with Gasteiger partial charge in [0.1, 0.15) is 23.2 Å². The van der Waals surface area contributed by atoms with E-state index in [-0.39, 0.29) is 46.4 Å². The third-order valence-corrected chi connectivity index (χ3v) is 4.65. The van der Waals surface area contributed by atoms with Gasteiger partial charge in [-0.25, -0.2) is 0 Å². The lowest BCUT2D eigenvalue weighted by Crippen LogP contribution is -2.44. The molecule has 30 heavy (non-hydrogen) atoms. The quantitative estimate of drug-likeness (QED) is 0.320. The van der Waals surface area contributed by atoms with Crippen molar-refractivity contribution in [2.24, 2.45) is 5.92 Å². The maximum absolute atomic E-state index is 12.9. The number of amides is 2. The van der Waals surface area contributed by atoms with Gasteiger partial charge in [0, 0.05) is 18.2 Å². The van der Waals surface area contributed by atoms with Crippen LogP contribution in [0.5, 0.6) is 0 Å². The summed E-state index contributed by atoms with van der Waals surface area (Å²) >= 11 is 0. The highest BCUT2D eigenvalue weighted by Crippen LogP contribution is 2.33. The van der Waals surface area contributed by atoms with E-state index in [0.717, 1.165) is 4.90 Å². The molecule has 0 unspecified atom stereocenters. The van der Waals surface area contributed by atoms with E-state index >= 15 is 0 Å². The summed E-state index contributed by atoms with van der Waals surface area (Å²) in [7, 11) is 0. The highest BCUT2D eigenvalue weighted by Gasteiger charge is 2.35. The van der Waals surface area contributed by atoms with Gasteiger partial charge in [-0.1, -0.05) is 26.0 Å². The minimum absolute atomic E-state index is 0.0337. The first-order valence-electron chi connectivity index (χ1n) is 9.27. The van der Waals surface area contributed by atoms with Gasteiger partial charge < -0.3 is 4.42 Å². The molecule has 0 atom stereocenters. The van der Waals surface area contributed by atoms with Gasteiger partial charge in [-0.05, 0) is 42.7 Å². The predicted molar refractivity (Wildman–Crippen MR) is 109 cm³/mol. The number of carbonyl (C=O) groups is 2. The number of para-hydroxylation sites is 1. The van der Waals surface area contributed by atoms with E-state index in [1.165, 1.54) is 12.1 Å². The van der Waals surface area contributed by atoms with Crippen molar-refractivity contribution in [2.75, 3.05) is 6.54 Å². The van der Waals surface area contributed by atoms with Crippen LogP contribution >= 0.6 is 0 Å². The van der Waals surface area contributed by atoms with Gasteiger partial charge >= 0.3 is 0 Å². The Balaban J connectivity index is 2.06. The number of rotatable bonds is 5. The van der Waals surface area contributed by atoms with Gasteiger partial charge in [0.2, 0.25) is 0 Å². The number of furan rings is 1. The summed E-state index contributed by atoms with van der Waals surface area (Å²) in [5.74, 6) is -0.525. The highest BCUT2D eigenvalue weighted by molar-refractivity contribution is 6.19. The van der Waals surface area contributed by atoms with Crippen LogP contribution in [-0.4, -0.2) is 28.2 Å². The van der Waals surface area contributed by atoms with E-state index < -0.39 is 16.7 Å². The van der Waals surface area contributed by atoms with Gasteiger partial charge in [0.15, 0.2) is 0 Å². The molecule has 2 amide bonds. The van der Waals surface area contributed by atoms with Gasteiger partial charge in [0.25, 0.3) is 17.5 Å². The number of nitrogens with zero attached hydrogens (tertiary/aromatic N) is 3. The van der Waals surface area contributed by atoms with E-state index in [4.69, 9.17) is 4.42 Å². The third-order valence-electron chi connectivity index (χ3n) is 4.65. The lowest BCUT2D eigenvalue weighted by atomic mass is 9.94. The van der Waals surface area contributed by atoms with E-state index in [0.29, 0.717) is 5.56 Å². The summed E-state index contributed by atoms with van der Waals surface area (Å²) in [6.07, 6.45) is 1.45. The van der Waals surface area contributed by atoms with Crippen molar-refractivity contribution in [2.45, 2.75) is 20.8 Å². The van der Waals surface area contributed by atoms with Crippen LogP contribution in [0.2, 0.25) is 0 Å². The maximum atomic E-state index is 12.9. The first-order valence-corrected chi connectivity index (χ1v) is 9.27. The molecule has 1 aromatic carbocycles. The number of hydrogen-bond acceptors (Lipinski definition) is 6. The highest BCUT2D eigenvalue weighted by atomic mass is 16.6. The summed E-state index contributed by atoms with van der Waals surface area (Å²) in [4.78, 5) is 37.3. The molecule has 1 aliphatic heterocycles. The molecule has 152 valence electrons. The Bertz CT molecular complexity index is 1150. The molecule has 2 heterocycles. The molecule has 0 bridgehead atoms. The van der Waals surface area contributed by atoms with Crippen molar-refractivity contribution < 1.29 is 18.9 Å². The Morgan fingerprint density at radius 3 is 2.53 bits per heavy atom. The molecular formula is C22H19N3O5. The second-order valence-electron chi connectivity index (χ2n) is 7.26. The number of hydrogen-bond donors (Lipinski definition) is 0. The molecular weight excluding hydrogens is 386 g/mol. The van der Waals surface area contributed by atoms with E-state index in [1.807, 2.05) is 19.9 Å². The fourth-order valence-electron chi connectivity index (χ4n) is 3.22. The van der Waals surface area contributed by atoms with E-state index in [1.54, 1.807) is 37.3 Å². The number of carbonyl (C=O) groups excluding carboxylic acids is 2. The Morgan fingerprint density at radius 2 is 1.90 bits per heavy atom. The molecule has 1 aromatic heterocycles. The Kier molecular flexibility index (Phi) is 5.65. The average molecular weight is 405 g/mol. The first-order chi connectivity index (χ1) is 14.2. The molecule has 0 aliphatic carbocycles. The van der Waals surface area contributed by atoms with Crippen LogP contribution in [0.15, 0.2) is 57.5 Å². The normalized spacial score (nSPS) is 15.8. The van der Waals surface area contributed by atoms with Crippen molar-refractivity contribution in [3.8, 4) is 17.4 Å². The third kappa shape index (κ3) is 3.78. The van der Waals surface area contributed by atoms with E-state index in [2.05, 4.69) is 0 Å². The number of benzene rings is 1. The summed E-state index contributed by atoms with van der Waals surface area (Å²) < 4.78 is 5.73. The molecule has 0 radical (unpaired) electrons. The number of nitriles is 1. The van der Waals surface area contributed by atoms with E-state index in [9.17, 15) is 25.0 Å². The fraction of sp³-hybridized carbons (Fsp3) is 0.227. The first kappa shape index (κ1) is 20.7. The number of nitro groups is 1. The van der Waals surface area contributed by atoms with Crippen LogP contribution in [-0.2, 0) is 9.59 Å². The van der Waals surface area contributed by atoms with Crippen molar-refractivity contribution in [1.29, 1.82) is 5.26 Å².